The Hall–Kier alpha value is -2.01. The molecule has 0 saturated carbocycles. The molecule has 0 aliphatic rings. The van der Waals surface area contributed by atoms with Crippen LogP contribution < -0.4 is 5.73 Å². The SMILES string of the molecule is NC(=O)/C=C(\S)n1cc(-c2ccccc2)cn1. The zero-order valence-corrected chi connectivity index (χ0v) is 9.84. The quantitative estimate of drug-likeness (QED) is 0.639. The van der Waals surface area contributed by atoms with E-state index in [-0.39, 0.29) is 0 Å². The van der Waals surface area contributed by atoms with Gasteiger partial charge in [0.1, 0.15) is 0 Å². The molecule has 0 radical (unpaired) electrons. The van der Waals surface area contributed by atoms with E-state index in [1.54, 1.807) is 12.4 Å². The number of hydrogen-bond donors (Lipinski definition) is 2. The highest BCUT2D eigenvalue weighted by atomic mass is 32.1. The van der Waals surface area contributed by atoms with Crippen LogP contribution in [0.25, 0.3) is 16.2 Å². The first-order valence-electron chi connectivity index (χ1n) is 4.97. The molecule has 0 bridgehead atoms. The Labute approximate surface area is 104 Å². The molecule has 1 aromatic heterocycles. The van der Waals surface area contributed by atoms with Crippen molar-refractivity contribution in [3.05, 3.63) is 48.8 Å². The second kappa shape index (κ2) is 4.88. The minimum absolute atomic E-state index is 0.389. The number of carbonyl (C=O) groups excluding carboxylic acids is 1. The van der Waals surface area contributed by atoms with Crippen molar-refractivity contribution in [2.24, 2.45) is 5.73 Å². The van der Waals surface area contributed by atoms with E-state index < -0.39 is 5.91 Å². The van der Waals surface area contributed by atoms with Gasteiger partial charge in [-0.1, -0.05) is 30.3 Å². The van der Waals surface area contributed by atoms with Gasteiger partial charge in [0.25, 0.3) is 0 Å². The van der Waals surface area contributed by atoms with Crippen LogP contribution in [0.5, 0.6) is 0 Å². The number of carbonyl (C=O) groups is 1. The Balaban J connectivity index is 2.31. The summed E-state index contributed by atoms with van der Waals surface area (Å²) < 4.78 is 1.50. The van der Waals surface area contributed by atoms with E-state index in [0.717, 1.165) is 11.1 Å². The Morgan fingerprint density at radius 1 is 1.29 bits per heavy atom. The number of primary amides is 1. The van der Waals surface area contributed by atoms with E-state index in [1.165, 1.54) is 10.8 Å². The maximum Gasteiger partial charge on any atom is 0.244 e. The highest BCUT2D eigenvalue weighted by Gasteiger charge is 2.03. The lowest BCUT2D eigenvalue weighted by Crippen LogP contribution is -2.07. The van der Waals surface area contributed by atoms with Crippen molar-refractivity contribution in [3.8, 4) is 11.1 Å². The Morgan fingerprint density at radius 2 is 2.00 bits per heavy atom. The number of benzene rings is 1. The molecule has 2 N–H and O–H groups in total. The zero-order valence-electron chi connectivity index (χ0n) is 8.95. The van der Waals surface area contributed by atoms with Crippen LogP contribution in [0.3, 0.4) is 0 Å². The summed E-state index contributed by atoms with van der Waals surface area (Å²) in [4.78, 5) is 10.7. The van der Waals surface area contributed by atoms with Gasteiger partial charge in [-0.05, 0) is 5.56 Å². The van der Waals surface area contributed by atoms with E-state index in [4.69, 9.17) is 5.73 Å². The Morgan fingerprint density at radius 3 is 2.65 bits per heavy atom. The third kappa shape index (κ3) is 2.76. The van der Waals surface area contributed by atoms with Gasteiger partial charge in [-0.15, -0.1) is 12.6 Å². The summed E-state index contributed by atoms with van der Waals surface area (Å²) in [7, 11) is 0. The van der Waals surface area contributed by atoms with Crippen LogP contribution in [-0.4, -0.2) is 15.7 Å². The lowest BCUT2D eigenvalue weighted by atomic mass is 10.1. The predicted octanol–water partition coefficient (Wildman–Crippen LogP) is 1.76. The third-order valence-electron chi connectivity index (χ3n) is 2.20. The van der Waals surface area contributed by atoms with Crippen molar-refractivity contribution < 1.29 is 4.79 Å². The maximum atomic E-state index is 10.7. The number of hydrogen-bond acceptors (Lipinski definition) is 3. The van der Waals surface area contributed by atoms with Crippen LogP contribution in [0, 0.1) is 0 Å². The molecule has 1 amide bonds. The standard InChI is InChI=1S/C12H11N3OS/c13-11(16)6-12(17)15-8-10(7-14-15)9-4-2-1-3-5-9/h1-8,17H,(H2,13,16)/b12-6-. The number of nitrogens with two attached hydrogens (primary N) is 1. The van der Waals surface area contributed by atoms with E-state index in [1.807, 2.05) is 30.3 Å². The first kappa shape index (κ1) is 11.5. The van der Waals surface area contributed by atoms with Gasteiger partial charge in [0.15, 0.2) is 0 Å². The lowest BCUT2D eigenvalue weighted by Gasteiger charge is -1.98. The molecule has 1 aromatic carbocycles. The van der Waals surface area contributed by atoms with Crippen LogP contribution in [0.4, 0.5) is 0 Å². The fraction of sp³-hybridized carbons (Fsp3) is 0. The molecular formula is C12H11N3OS. The van der Waals surface area contributed by atoms with Gasteiger partial charge >= 0.3 is 0 Å². The molecule has 0 aliphatic carbocycles. The van der Waals surface area contributed by atoms with Gasteiger partial charge in [-0.3, -0.25) is 4.79 Å². The van der Waals surface area contributed by atoms with Gasteiger partial charge < -0.3 is 5.73 Å². The summed E-state index contributed by atoms with van der Waals surface area (Å²) >= 11 is 4.15. The smallest absolute Gasteiger partial charge is 0.244 e. The number of thiol groups is 1. The predicted molar refractivity (Wildman–Crippen MR) is 70.1 cm³/mol. The van der Waals surface area contributed by atoms with Crippen molar-refractivity contribution in [3.63, 3.8) is 0 Å². The molecule has 0 fully saturated rings. The molecule has 86 valence electrons. The van der Waals surface area contributed by atoms with Crippen molar-refractivity contribution in [1.29, 1.82) is 0 Å². The molecule has 4 nitrogen and oxygen atoms in total. The zero-order chi connectivity index (χ0) is 12.3. The van der Waals surface area contributed by atoms with Gasteiger partial charge in [-0.2, -0.15) is 5.10 Å². The molecule has 17 heavy (non-hydrogen) atoms. The van der Waals surface area contributed by atoms with Crippen molar-refractivity contribution in [2.45, 2.75) is 0 Å². The van der Waals surface area contributed by atoms with E-state index in [2.05, 4.69) is 17.7 Å². The molecule has 2 rings (SSSR count). The average molecular weight is 245 g/mol. The first-order chi connectivity index (χ1) is 8.16. The summed E-state index contributed by atoms with van der Waals surface area (Å²) in [6, 6.07) is 9.82. The van der Waals surface area contributed by atoms with Crippen LogP contribution >= 0.6 is 12.6 Å². The molecule has 5 heteroatoms. The molecule has 2 aromatic rings. The second-order valence-corrected chi connectivity index (χ2v) is 3.90. The molecule has 0 spiro atoms. The van der Waals surface area contributed by atoms with E-state index in [9.17, 15) is 4.79 Å². The van der Waals surface area contributed by atoms with Gasteiger partial charge in [0.2, 0.25) is 5.91 Å². The Bertz CT molecular complexity index is 560. The van der Waals surface area contributed by atoms with Crippen LogP contribution in [0.1, 0.15) is 0 Å². The molecule has 0 saturated heterocycles. The maximum absolute atomic E-state index is 10.7. The summed E-state index contributed by atoms with van der Waals surface area (Å²) in [6.07, 6.45) is 4.71. The highest BCUT2D eigenvalue weighted by molar-refractivity contribution is 7.90. The normalized spacial score (nSPS) is 11.5. The Kier molecular flexibility index (Phi) is 3.30. The molecule has 0 atom stereocenters. The topological polar surface area (TPSA) is 60.9 Å². The number of amides is 1. The molecule has 0 aliphatic heterocycles. The summed E-state index contributed by atoms with van der Waals surface area (Å²) in [5.41, 5.74) is 7.05. The van der Waals surface area contributed by atoms with E-state index in [0.29, 0.717) is 5.03 Å². The molecular weight excluding hydrogens is 234 g/mol. The van der Waals surface area contributed by atoms with Crippen molar-refractivity contribution in [2.75, 3.05) is 0 Å². The average Bonchev–Trinajstić information content (AvgIpc) is 2.78. The summed E-state index contributed by atoms with van der Waals surface area (Å²) in [5, 5.41) is 4.50. The van der Waals surface area contributed by atoms with E-state index >= 15 is 0 Å². The summed E-state index contributed by atoms with van der Waals surface area (Å²) in [5.74, 6) is -0.549. The van der Waals surface area contributed by atoms with Crippen LogP contribution in [0.2, 0.25) is 0 Å². The fourth-order valence-corrected chi connectivity index (χ4v) is 1.66. The minimum Gasteiger partial charge on any atom is -0.366 e. The lowest BCUT2D eigenvalue weighted by molar-refractivity contribution is -0.113. The number of rotatable bonds is 3. The third-order valence-corrected chi connectivity index (χ3v) is 2.53. The minimum atomic E-state index is -0.549. The largest absolute Gasteiger partial charge is 0.366 e. The second-order valence-electron chi connectivity index (χ2n) is 3.44. The fourth-order valence-electron chi connectivity index (χ4n) is 1.42. The van der Waals surface area contributed by atoms with Gasteiger partial charge in [0.05, 0.1) is 11.2 Å². The molecule has 0 unspecified atom stereocenters. The van der Waals surface area contributed by atoms with Crippen molar-refractivity contribution in [1.82, 2.24) is 9.78 Å². The first-order valence-corrected chi connectivity index (χ1v) is 5.42. The van der Waals surface area contributed by atoms with Gasteiger partial charge in [-0.25, -0.2) is 4.68 Å². The number of nitrogens with zero attached hydrogens (tertiary/aromatic N) is 2. The van der Waals surface area contributed by atoms with Crippen LogP contribution in [0.15, 0.2) is 48.8 Å². The van der Waals surface area contributed by atoms with Crippen molar-refractivity contribution >= 4 is 23.6 Å². The highest BCUT2D eigenvalue weighted by Crippen LogP contribution is 2.19. The molecule has 1 heterocycles. The summed E-state index contributed by atoms with van der Waals surface area (Å²) in [6.45, 7) is 0. The van der Waals surface area contributed by atoms with Crippen LogP contribution in [-0.2, 0) is 4.79 Å². The monoisotopic (exact) mass is 245 g/mol. The van der Waals surface area contributed by atoms with Gasteiger partial charge in [0, 0.05) is 17.8 Å². The number of aromatic nitrogens is 2.